The number of nitrogens with zero attached hydrogens (tertiary/aromatic N) is 1. The summed E-state index contributed by atoms with van der Waals surface area (Å²) in [5.41, 5.74) is 2.56. The Kier molecular flexibility index (Phi) is 10.2. The number of aryl methyl sites for hydroxylation is 2. The minimum Gasteiger partial charge on any atom is -0.444 e. The van der Waals surface area contributed by atoms with Gasteiger partial charge in [-0.1, -0.05) is 74.9 Å². The van der Waals surface area contributed by atoms with E-state index >= 15 is 0 Å². The lowest BCUT2D eigenvalue weighted by Crippen LogP contribution is -2.56. The van der Waals surface area contributed by atoms with E-state index in [0.717, 1.165) is 27.5 Å². The first kappa shape index (κ1) is 31.7. The molecule has 7 nitrogen and oxygen atoms in total. The molecule has 7 heteroatoms. The molecule has 0 aliphatic carbocycles. The normalized spacial score (nSPS) is 13.8. The average Bonchev–Trinajstić information content (AvgIpc) is 2.89. The molecule has 3 amide bonds. The van der Waals surface area contributed by atoms with Crippen molar-refractivity contribution in [1.82, 2.24) is 10.2 Å². The molecule has 0 radical (unpaired) electrons. The lowest BCUT2D eigenvalue weighted by Gasteiger charge is -2.39. The van der Waals surface area contributed by atoms with E-state index in [1.54, 1.807) is 25.7 Å². The number of fused-ring (bicyclic) bond motifs is 1. The highest BCUT2D eigenvalue weighted by Crippen LogP contribution is 2.31. The van der Waals surface area contributed by atoms with Gasteiger partial charge in [-0.3, -0.25) is 9.59 Å². The highest BCUT2D eigenvalue weighted by Gasteiger charge is 2.40. The van der Waals surface area contributed by atoms with E-state index in [1.807, 2.05) is 102 Å². The van der Waals surface area contributed by atoms with Crippen LogP contribution in [0, 0.1) is 19.8 Å². The highest BCUT2D eigenvalue weighted by molar-refractivity contribution is 6.00. The molecule has 0 aliphatic rings. The van der Waals surface area contributed by atoms with Crippen LogP contribution in [0.1, 0.15) is 77.6 Å². The summed E-state index contributed by atoms with van der Waals surface area (Å²) in [5, 5.41) is 7.95. The van der Waals surface area contributed by atoms with Crippen molar-refractivity contribution in [2.24, 2.45) is 5.92 Å². The molecule has 3 aromatic rings. The number of benzene rings is 3. The second kappa shape index (κ2) is 13.2. The molecule has 3 unspecified atom stereocenters. The van der Waals surface area contributed by atoms with Gasteiger partial charge in [-0.05, 0) is 87.9 Å². The lowest BCUT2D eigenvalue weighted by molar-refractivity contribution is -0.144. The summed E-state index contributed by atoms with van der Waals surface area (Å²) in [7, 11) is 0. The van der Waals surface area contributed by atoms with E-state index in [-0.39, 0.29) is 23.8 Å². The lowest BCUT2D eigenvalue weighted by atomic mass is 9.93. The third-order valence-corrected chi connectivity index (χ3v) is 7.20. The predicted molar refractivity (Wildman–Crippen MR) is 166 cm³/mol. The number of carbonyl (C=O) groups excluding carboxylic acids is 3. The Hall–Kier alpha value is -3.87. The number of amides is 3. The molecule has 0 spiro atoms. The molecule has 220 valence electrons. The summed E-state index contributed by atoms with van der Waals surface area (Å²) in [6.45, 7) is 16.9. The summed E-state index contributed by atoms with van der Waals surface area (Å²) in [6.07, 6.45) is -0.0503. The molecule has 0 saturated carbocycles. The zero-order valence-electron chi connectivity index (χ0n) is 25.9. The van der Waals surface area contributed by atoms with E-state index in [9.17, 15) is 14.4 Å². The Labute approximate surface area is 244 Å². The summed E-state index contributed by atoms with van der Waals surface area (Å²) in [5.74, 6) is -0.897. The van der Waals surface area contributed by atoms with Gasteiger partial charge in [-0.2, -0.15) is 0 Å². The molecular formula is C34H45N3O4. The molecule has 0 bridgehead atoms. The molecule has 0 saturated heterocycles. The van der Waals surface area contributed by atoms with Gasteiger partial charge in [-0.25, -0.2) is 4.79 Å². The van der Waals surface area contributed by atoms with Gasteiger partial charge < -0.3 is 20.3 Å². The second-order valence-corrected chi connectivity index (χ2v) is 12.2. The molecule has 3 rings (SSSR count). The van der Waals surface area contributed by atoms with Crippen molar-refractivity contribution >= 4 is 34.4 Å². The first-order valence-electron chi connectivity index (χ1n) is 14.4. The third kappa shape index (κ3) is 8.09. The maximum atomic E-state index is 14.4. The Bertz CT molecular complexity index is 1390. The highest BCUT2D eigenvalue weighted by atomic mass is 16.6. The zero-order valence-corrected chi connectivity index (χ0v) is 25.9. The first-order chi connectivity index (χ1) is 19.2. The largest absolute Gasteiger partial charge is 0.444 e. The van der Waals surface area contributed by atoms with Gasteiger partial charge in [0, 0.05) is 11.7 Å². The number of alkyl carbamates (subject to hydrolysis) is 1. The van der Waals surface area contributed by atoms with E-state index in [4.69, 9.17) is 4.74 Å². The van der Waals surface area contributed by atoms with Gasteiger partial charge in [-0.15, -0.1) is 0 Å². The molecule has 0 aromatic heterocycles. The molecule has 3 atom stereocenters. The molecule has 2 N–H and O–H groups in total. The van der Waals surface area contributed by atoms with Gasteiger partial charge in [0.15, 0.2) is 0 Å². The Balaban J connectivity index is 2.09. The number of hydrogen-bond acceptors (Lipinski definition) is 4. The number of nitrogens with one attached hydrogen (secondary N) is 2. The number of carbonyl (C=O) groups is 3. The quantitative estimate of drug-likeness (QED) is 0.288. The number of rotatable bonds is 9. The monoisotopic (exact) mass is 559 g/mol. The Morgan fingerprint density at radius 3 is 2.17 bits per heavy atom. The predicted octanol–water partition coefficient (Wildman–Crippen LogP) is 7.31. The minimum absolute atomic E-state index is 0.246. The average molecular weight is 560 g/mol. The standard InChI is InChI=1S/C34H45N3O4/c1-10-24(6)37(32(39)29(21(2)3)36-33(40)41-34(7,8)9)30(28-19-22(4)15-16-23(28)5)31(38)35-27-18-17-25-13-11-12-14-26(25)20-27/h11-21,24,29-30H,10H2,1-9H3,(H,35,38)(H,36,40). The molecule has 0 fully saturated rings. The summed E-state index contributed by atoms with van der Waals surface area (Å²) in [4.78, 5) is 43.1. The van der Waals surface area contributed by atoms with Gasteiger partial charge >= 0.3 is 6.09 Å². The maximum absolute atomic E-state index is 14.4. The number of ether oxygens (including phenoxy) is 1. The molecule has 3 aromatic carbocycles. The number of hydrogen-bond donors (Lipinski definition) is 2. The van der Waals surface area contributed by atoms with Gasteiger partial charge in [0.05, 0.1) is 0 Å². The van der Waals surface area contributed by atoms with Gasteiger partial charge in [0.2, 0.25) is 5.91 Å². The summed E-state index contributed by atoms with van der Waals surface area (Å²) in [6, 6.07) is 17.5. The maximum Gasteiger partial charge on any atom is 0.408 e. The van der Waals surface area contributed by atoms with Crippen molar-refractivity contribution in [1.29, 1.82) is 0 Å². The van der Waals surface area contributed by atoms with Crippen LogP contribution in [0.2, 0.25) is 0 Å². The van der Waals surface area contributed by atoms with Crippen LogP contribution >= 0.6 is 0 Å². The first-order valence-corrected chi connectivity index (χ1v) is 14.4. The van der Waals surface area contributed by atoms with Gasteiger partial charge in [0.1, 0.15) is 17.7 Å². The number of anilines is 1. The minimum atomic E-state index is -0.925. The zero-order chi connectivity index (χ0) is 30.5. The molecule has 0 heterocycles. The van der Waals surface area contributed by atoms with Crippen molar-refractivity contribution < 1.29 is 19.1 Å². The fourth-order valence-corrected chi connectivity index (χ4v) is 4.85. The SMILES string of the molecule is CCC(C)N(C(=O)C(NC(=O)OC(C)(C)C)C(C)C)C(C(=O)Nc1ccc2ccccc2c1)c1cc(C)ccc1C. The van der Waals surface area contributed by atoms with E-state index < -0.39 is 23.8 Å². The van der Waals surface area contributed by atoms with Crippen molar-refractivity contribution in [3.8, 4) is 0 Å². The van der Waals surface area contributed by atoms with E-state index in [0.29, 0.717) is 12.1 Å². The fourth-order valence-electron chi connectivity index (χ4n) is 4.85. The van der Waals surface area contributed by atoms with Gasteiger partial charge in [0.25, 0.3) is 5.91 Å². The smallest absolute Gasteiger partial charge is 0.408 e. The second-order valence-electron chi connectivity index (χ2n) is 12.2. The van der Waals surface area contributed by atoms with Crippen molar-refractivity contribution in [3.05, 3.63) is 77.4 Å². The van der Waals surface area contributed by atoms with Crippen molar-refractivity contribution in [2.45, 2.75) is 92.5 Å². The van der Waals surface area contributed by atoms with Crippen LogP contribution in [0.4, 0.5) is 10.5 Å². The topological polar surface area (TPSA) is 87.7 Å². The van der Waals surface area contributed by atoms with Crippen LogP contribution in [0.25, 0.3) is 10.8 Å². The molecule has 0 aliphatic heterocycles. The van der Waals surface area contributed by atoms with Crippen molar-refractivity contribution in [2.75, 3.05) is 5.32 Å². The van der Waals surface area contributed by atoms with Crippen LogP contribution < -0.4 is 10.6 Å². The summed E-state index contributed by atoms with van der Waals surface area (Å²) < 4.78 is 5.48. The third-order valence-electron chi connectivity index (χ3n) is 7.20. The Morgan fingerprint density at radius 1 is 0.902 bits per heavy atom. The van der Waals surface area contributed by atoms with Crippen LogP contribution in [0.3, 0.4) is 0 Å². The van der Waals surface area contributed by atoms with Crippen LogP contribution in [0.15, 0.2) is 60.7 Å². The Morgan fingerprint density at radius 2 is 1.56 bits per heavy atom. The van der Waals surface area contributed by atoms with Crippen LogP contribution in [0.5, 0.6) is 0 Å². The van der Waals surface area contributed by atoms with Crippen molar-refractivity contribution in [3.63, 3.8) is 0 Å². The fraction of sp³-hybridized carbons (Fsp3) is 0.441. The van der Waals surface area contributed by atoms with Crippen LogP contribution in [-0.2, 0) is 14.3 Å². The summed E-state index contributed by atoms with van der Waals surface area (Å²) >= 11 is 0. The van der Waals surface area contributed by atoms with E-state index in [2.05, 4.69) is 10.6 Å². The van der Waals surface area contributed by atoms with E-state index in [1.165, 1.54) is 0 Å². The van der Waals surface area contributed by atoms with Crippen LogP contribution in [-0.4, -0.2) is 40.5 Å². The molecular weight excluding hydrogens is 514 g/mol. The molecule has 41 heavy (non-hydrogen) atoms.